The van der Waals surface area contributed by atoms with Gasteiger partial charge in [0.2, 0.25) is 0 Å². The fraction of sp³-hybridized carbons (Fsp3) is 0.0526. The van der Waals surface area contributed by atoms with Crippen molar-refractivity contribution >= 4 is 38.5 Å². The molecule has 2 aromatic heterocycles. The van der Waals surface area contributed by atoms with Crippen LogP contribution in [0.4, 0.5) is 0 Å². The molecule has 2 aromatic carbocycles. The Kier molecular flexibility index (Phi) is 3.32. The van der Waals surface area contributed by atoms with E-state index in [0.717, 1.165) is 16.7 Å². The zero-order chi connectivity index (χ0) is 15.8. The van der Waals surface area contributed by atoms with Crippen LogP contribution in [0.25, 0.3) is 32.9 Å². The summed E-state index contributed by atoms with van der Waals surface area (Å²) >= 11 is 1.78. The van der Waals surface area contributed by atoms with Crippen LogP contribution in [-0.2, 0) is 0 Å². The predicted molar refractivity (Wildman–Crippen MR) is 98.2 cm³/mol. The van der Waals surface area contributed by atoms with Gasteiger partial charge in [0, 0.05) is 9.58 Å². The molecule has 0 radical (unpaired) electrons. The van der Waals surface area contributed by atoms with Gasteiger partial charge in [-0.15, -0.1) is 16.4 Å². The molecule has 0 aliphatic rings. The number of hydrogen-bond acceptors (Lipinski definition) is 3. The van der Waals surface area contributed by atoms with E-state index in [9.17, 15) is 0 Å². The fourth-order valence-corrected chi connectivity index (χ4v) is 3.90. The molecule has 0 fully saturated rings. The van der Waals surface area contributed by atoms with Crippen LogP contribution in [0.2, 0.25) is 0 Å². The van der Waals surface area contributed by atoms with Gasteiger partial charge in [0.1, 0.15) is 5.52 Å². The van der Waals surface area contributed by atoms with Gasteiger partial charge in [-0.05, 0) is 48.2 Å². The van der Waals surface area contributed by atoms with Crippen LogP contribution in [0, 0.1) is 6.92 Å². The highest BCUT2D eigenvalue weighted by molar-refractivity contribution is 7.20. The lowest BCUT2D eigenvalue weighted by molar-refractivity contribution is 0.825. The number of aryl methyl sites for hydroxylation is 1. The summed E-state index contributed by atoms with van der Waals surface area (Å²) in [7, 11) is 0. The highest BCUT2D eigenvalue weighted by atomic mass is 32.1. The quantitative estimate of drug-likeness (QED) is 0.490. The minimum absolute atomic E-state index is 0.907. The molecular weight excluding hydrogens is 302 g/mol. The molecule has 0 amide bonds. The third-order valence-corrected chi connectivity index (χ3v) is 5.16. The maximum atomic E-state index is 4.30. The van der Waals surface area contributed by atoms with Crippen LogP contribution in [0.5, 0.6) is 0 Å². The van der Waals surface area contributed by atoms with E-state index in [1.165, 1.54) is 20.5 Å². The topological polar surface area (TPSA) is 30.7 Å². The number of thiophene rings is 1. The Hall–Kier alpha value is -2.72. The Morgan fingerprint density at radius 2 is 2.04 bits per heavy atom. The number of aromatic nitrogens is 3. The molecule has 0 saturated carbocycles. The van der Waals surface area contributed by atoms with Crippen molar-refractivity contribution in [3.05, 3.63) is 71.6 Å². The highest BCUT2D eigenvalue weighted by Gasteiger charge is 2.10. The van der Waals surface area contributed by atoms with Gasteiger partial charge in [0.15, 0.2) is 0 Å². The molecule has 4 rings (SSSR count). The normalized spacial score (nSPS) is 11.7. The highest BCUT2D eigenvalue weighted by Crippen LogP contribution is 2.33. The number of rotatable bonds is 3. The van der Waals surface area contributed by atoms with Crippen LogP contribution < -0.4 is 0 Å². The minimum atomic E-state index is 0.907. The Balaban J connectivity index is 1.89. The van der Waals surface area contributed by atoms with E-state index in [-0.39, 0.29) is 0 Å². The molecular formula is C19H15N3S. The van der Waals surface area contributed by atoms with Gasteiger partial charge >= 0.3 is 0 Å². The largest absolute Gasteiger partial charge is 0.213 e. The summed E-state index contributed by atoms with van der Waals surface area (Å²) in [5, 5.41) is 9.81. The van der Waals surface area contributed by atoms with Crippen LogP contribution >= 0.6 is 11.3 Å². The maximum Gasteiger partial charge on any atom is 0.113 e. The Morgan fingerprint density at radius 3 is 2.91 bits per heavy atom. The maximum absolute atomic E-state index is 4.30. The van der Waals surface area contributed by atoms with Crippen molar-refractivity contribution in [2.24, 2.45) is 0 Å². The van der Waals surface area contributed by atoms with Crippen LogP contribution in [0.15, 0.2) is 61.2 Å². The number of allylic oxidation sites excluding steroid dienone is 2. The number of para-hydroxylation sites is 1. The monoisotopic (exact) mass is 317 g/mol. The standard InChI is InChI=1S/C19H15N3S/c1-3-4-9-18-13(2)15-11-10-14(12-19(15)23-18)22-17-8-6-5-7-16(17)20-21-22/h3-12H,1H2,2H3/b9-4-. The van der Waals surface area contributed by atoms with Crippen molar-refractivity contribution in [1.82, 2.24) is 15.0 Å². The fourth-order valence-electron chi connectivity index (χ4n) is 2.74. The molecule has 0 saturated heterocycles. The SMILES string of the molecule is C=C/C=C\c1sc2cc(-n3nnc4ccccc43)ccc2c1C. The number of benzene rings is 2. The van der Waals surface area contributed by atoms with E-state index in [2.05, 4.69) is 48.1 Å². The predicted octanol–water partition coefficient (Wildman–Crippen LogP) is 5.14. The zero-order valence-electron chi connectivity index (χ0n) is 12.7. The van der Waals surface area contributed by atoms with Crippen molar-refractivity contribution in [3.8, 4) is 5.69 Å². The lowest BCUT2D eigenvalue weighted by atomic mass is 10.1. The van der Waals surface area contributed by atoms with E-state index in [4.69, 9.17) is 0 Å². The number of fused-ring (bicyclic) bond motifs is 2. The molecule has 0 N–H and O–H groups in total. The molecule has 112 valence electrons. The molecule has 0 spiro atoms. The van der Waals surface area contributed by atoms with Gasteiger partial charge in [0.25, 0.3) is 0 Å². The molecule has 3 nitrogen and oxygen atoms in total. The van der Waals surface area contributed by atoms with Gasteiger partial charge in [0.05, 0.1) is 11.2 Å². The van der Waals surface area contributed by atoms with Crippen molar-refractivity contribution in [2.75, 3.05) is 0 Å². The van der Waals surface area contributed by atoms with E-state index >= 15 is 0 Å². The molecule has 0 bridgehead atoms. The average Bonchev–Trinajstić information content (AvgIpc) is 3.14. The summed E-state index contributed by atoms with van der Waals surface area (Å²) in [4.78, 5) is 1.26. The molecule has 2 heterocycles. The lowest BCUT2D eigenvalue weighted by Crippen LogP contribution is -1.95. The third-order valence-electron chi connectivity index (χ3n) is 3.94. The van der Waals surface area contributed by atoms with Crippen LogP contribution in [-0.4, -0.2) is 15.0 Å². The van der Waals surface area contributed by atoms with E-state index < -0.39 is 0 Å². The second-order valence-corrected chi connectivity index (χ2v) is 6.44. The summed E-state index contributed by atoms with van der Waals surface area (Å²) in [5.74, 6) is 0. The summed E-state index contributed by atoms with van der Waals surface area (Å²) in [5.41, 5.74) is 4.27. The lowest BCUT2D eigenvalue weighted by Gasteiger charge is -2.02. The summed E-state index contributed by atoms with van der Waals surface area (Å²) in [6.45, 7) is 5.89. The Labute approximate surface area is 138 Å². The average molecular weight is 317 g/mol. The molecule has 4 aromatic rings. The van der Waals surface area contributed by atoms with Gasteiger partial charge in [-0.2, -0.15) is 0 Å². The molecule has 0 aliphatic carbocycles. The minimum Gasteiger partial charge on any atom is -0.213 e. The van der Waals surface area contributed by atoms with Crippen molar-refractivity contribution in [3.63, 3.8) is 0 Å². The molecule has 0 atom stereocenters. The van der Waals surface area contributed by atoms with Crippen LogP contribution in [0.3, 0.4) is 0 Å². The first-order chi connectivity index (χ1) is 11.3. The van der Waals surface area contributed by atoms with Gasteiger partial charge in [-0.3, -0.25) is 0 Å². The third kappa shape index (κ3) is 2.28. The first-order valence-electron chi connectivity index (χ1n) is 7.41. The summed E-state index contributed by atoms with van der Waals surface area (Å²) < 4.78 is 3.14. The van der Waals surface area contributed by atoms with Crippen molar-refractivity contribution < 1.29 is 0 Å². The molecule has 0 unspecified atom stereocenters. The first kappa shape index (κ1) is 13.9. The molecule has 4 heteroatoms. The summed E-state index contributed by atoms with van der Waals surface area (Å²) in [6.07, 6.45) is 5.89. The number of hydrogen-bond donors (Lipinski definition) is 0. The van der Waals surface area contributed by atoms with Crippen molar-refractivity contribution in [2.45, 2.75) is 6.92 Å². The Morgan fingerprint density at radius 1 is 1.17 bits per heavy atom. The van der Waals surface area contributed by atoms with Gasteiger partial charge in [-0.25, -0.2) is 4.68 Å². The summed E-state index contributed by atoms with van der Waals surface area (Å²) in [6, 6.07) is 14.4. The molecule has 23 heavy (non-hydrogen) atoms. The second-order valence-electron chi connectivity index (χ2n) is 5.36. The van der Waals surface area contributed by atoms with Gasteiger partial charge < -0.3 is 0 Å². The smallest absolute Gasteiger partial charge is 0.113 e. The van der Waals surface area contributed by atoms with E-state index in [1.807, 2.05) is 35.0 Å². The second kappa shape index (κ2) is 5.48. The van der Waals surface area contributed by atoms with Crippen LogP contribution in [0.1, 0.15) is 10.4 Å². The van der Waals surface area contributed by atoms with Gasteiger partial charge in [-0.1, -0.05) is 42.1 Å². The van der Waals surface area contributed by atoms with E-state index in [1.54, 1.807) is 17.4 Å². The zero-order valence-corrected chi connectivity index (χ0v) is 13.5. The number of nitrogens with zero attached hydrogens (tertiary/aromatic N) is 3. The van der Waals surface area contributed by atoms with E-state index in [0.29, 0.717) is 0 Å². The Bertz CT molecular complexity index is 1050. The van der Waals surface area contributed by atoms with Crippen molar-refractivity contribution in [1.29, 1.82) is 0 Å². The first-order valence-corrected chi connectivity index (χ1v) is 8.22. The molecule has 0 aliphatic heterocycles.